The Bertz CT molecular complexity index is 303. The summed E-state index contributed by atoms with van der Waals surface area (Å²) in [7, 11) is 0. The molecule has 0 saturated heterocycles. The van der Waals surface area contributed by atoms with E-state index in [0.29, 0.717) is 6.42 Å². The maximum absolute atomic E-state index is 10.5. The average Bonchev–Trinajstić information content (AvgIpc) is 2.43. The first-order chi connectivity index (χ1) is 9.77. The maximum atomic E-state index is 10.5. The first-order valence-electron chi connectivity index (χ1n) is 8.04. The number of hydrogen-bond acceptors (Lipinski definition) is 1. The van der Waals surface area contributed by atoms with E-state index in [-0.39, 0.29) is 5.91 Å². The van der Waals surface area contributed by atoms with Crippen molar-refractivity contribution in [1.29, 1.82) is 0 Å². The smallest absolute Gasteiger partial charge is 0.217 e. The molecule has 2 N–H and O–H groups in total. The molecule has 0 heterocycles. The summed E-state index contributed by atoms with van der Waals surface area (Å²) in [6.07, 6.45) is 24.0. The van der Waals surface area contributed by atoms with Crippen molar-refractivity contribution in [3.8, 4) is 0 Å². The summed E-state index contributed by atoms with van der Waals surface area (Å²) in [6, 6.07) is 0. The number of unbranched alkanes of at least 4 members (excludes halogenated alkanes) is 7. The van der Waals surface area contributed by atoms with Crippen molar-refractivity contribution in [3.05, 3.63) is 36.5 Å². The fourth-order valence-corrected chi connectivity index (χ4v) is 1.89. The lowest BCUT2D eigenvalue weighted by molar-refractivity contribution is -0.118. The Labute approximate surface area is 124 Å². The topological polar surface area (TPSA) is 43.1 Å². The van der Waals surface area contributed by atoms with Gasteiger partial charge in [0.2, 0.25) is 5.91 Å². The Morgan fingerprint density at radius 2 is 1.35 bits per heavy atom. The van der Waals surface area contributed by atoms with Gasteiger partial charge in [0, 0.05) is 6.42 Å². The minimum Gasteiger partial charge on any atom is -0.370 e. The highest BCUT2D eigenvalue weighted by atomic mass is 16.1. The van der Waals surface area contributed by atoms with Gasteiger partial charge in [0.25, 0.3) is 0 Å². The molecule has 0 aromatic carbocycles. The zero-order chi connectivity index (χ0) is 14.9. The van der Waals surface area contributed by atoms with Crippen molar-refractivity contribution in [2.75, 3.05) is 0 Å². The van der Waals surface area contributed by atoms with Crippen LogP contribution in [0.2, 0.25) is 0 Å². The number of carbonyl (C=O) groups is 1. The Morgan fingerprint density at radius 1 is 0.800 bits per heavy atom. The van der Waals surface area contributed by atoms with Crippen LogP contribution >= 0.6 is 0 Å². The van der Waals surface area contributed by atoms with Gasteiger partial charge in [-0.15, -0.1) is 0 Å². The summed E-state index contributed by atoms with van der Waals surface area (Å²) in [6.45, 7) is 2.21. The summed E-state index contributed by atoms with van der Waals surface area (Å²) in [5, 5.41) is 0. The van der Waals surface area contributed by atoms with E-state index in [1.165, 1.54) is 38.5 Å². The second-order valence-electron chi connectivity index (χ2n) is 5.16. The average molecular weight is 277 g/mol. The van der Waals surface area contributed by atoms with Gasteiger partial charge >= 0.3 is 0 Å². The number of hydrogen-bond donors (Lipinski definition) is 1. The molecule has 20 heavy (non-hydrogen) atoms. The molecule has 2 heteroatoms. The van der Waals surface area contributed by atoms with Crippen molar-refractivity contribution >= 4 is 5.91 Å². The van der Waals surface area contributed by atoms with Crippen LogP contribution in [0.3, 0.4) is 0 Å². The molecule has 0 unspecified atom stereocenters. The third-order valence-corrected chi connectivity index (χ3v) is 3.12. The van der Waals surface area contributed by atoms with Gasteiger partial charge in [-0.3, -0.25) is 4.79 Å². The van der Waals surface area contributed by atoms with Gasteiger partial charge < -0.3 is 5.73 Å². The van der Waals surface area contributed by atoms with Crippen LogP contribution in [-0.2, 0) is 4.79 Å². The van der Waals surface area contributed by atoms with Gasteiger partial charge in [0.05, 0.1) is 0 Å². The van der Waals surface area contributed by atoms with Gasteiger partial charge in [-0.25, -0.2) is 0 Å². The molecule has 0 aromatic rings. The van der Waals surface area contributed by atoms with Gasteiger partial charge in [0.1, 0.15) is 0 Å². The first kappa shape index (κ1) is 18.7. The highest BCUT2D eigenvalue weighted by Crippen LogP contribution is 2.07. The Morgan fingerprint density at radius 3 is 1.95 bits per heavy atom. The third-order valence-electron chi connectivity index (χ3n) is 3.12. The predicted octanol–water partition coefficient (Wildman–Crippen LogP) is 5.06. The molecule has 0 aliphatic rings. The summed E-state index contributed by atoms with van der Waals surface area (Å²) < 4.78 is 0. The number of amides is 1. The molecule has 0 aliphatic heterocycles. The van der Waals surface area contributed by atoms with Gasteiger partial charge in [-0.1, -0.05) is 75.5 Å². The van der Waals surface area contributed by atoms with Gasteiger partial charge in [0.15, 0.2) is 0 Å². The highest BCUT2D eigenvalue weighted by molar-refractivity contribution is 5.73. The molecule has 0 saturated carbocycles. The number of primary amides is 1. The van der Waals surface area contributed by atoms with Crippen molar-refractivity contribution in [3.63, 3.8) is 0 Å². The molecule has 2 nitrogen and oxygen atoms in total. The number of rotatable bonds is 13. The van der Waals surface area contributed by atoms with Crippen LogP contribution in [-0.4, -0.2) is 5.91 Å². The van der Waals surface area contributed by atoms with E-state index in [1.807, 2.05) is 0 Å². The number of carbonyl (C=O) groups excluding carboxylic acids is 1. The van der Waals surface area contributed by atoms with E-state index in [0.717, 1.165) is 19.3 Å². The van der Waals surface area contributed by atoms with E-state index < -0.39 is 0 Å². The molecule has 0 fully saturated rings. The third kappa shape index (κ3) is 16.7. The second-order valence-corrected chi connectivity index (χ2v) is 5.16. The van der Waals surface area contributed by atoms with Crippen molar-refractivity contribution in [2.45, 2.75) is 71.1 Å². The molecule has 0 atom stereocenters. The zero-order valence-electron chi connectivity index (χ0n) is 13.0. The van der Waals surface area contributed by atoms with Crippen molar-refractivity contribution in [1.82, 2.24) is 0 Å². The molecule has 0 aromatic heterocycles. The van der Waals surface area contributed by atoms with E-state index in [4.69, 9.17) is 5.73 Å². The molecule has 114 valence electrons. The van der Waals surface area contributed by atoms with Crippen LogP contribution in [0.5, 0.6) is 0 Å². The van der Waals surface area contributed by atoms with Gasteiger partial charge in [-0.05, 0) is 25.7 Å². The maximum Gasteiger partial charge on any atom is 0.217 e. The van der Waals surface area contributed by atoms with Crippen LogP contribution in [0.25, 0.3) is 0 Å². The van der Waals surface area contributed by atoms with E-state index in [1.54, 1.807) is 0 Å². The predicted molar refractivity (Wildman–Crippen MR) is 88.5 cm³/mol. The molecular weight excluding hydrogens is 246 g/mol. The summed E-state index contributed by atoms with van der Waals surface area (Å²) in [5.74, 6) is -0.177. The Kier molecular flexibility index (Phi) is 14.7. The molecule has 0 rings (SSSR count). The lowest BCUT2D eigenvalue weighted by atomic mass is 10.1. The van der Waals surface area contributed by atoms with E-state index in [9.17, 15) is 4.79 Å². The Hall–Kier alpha value is -1.31. The number of allylic oxidation sites excluding steroid dienone is 6. The van der Waals surface area contributed by atoms with Crippen molar-refractivity contribution < 1.29 is 4.79 Å². The number of nitrogens with two attached hydrogens (primary N) is 1. The zero-order valence-corrected chi connectivity index (χ0v) is 13.0. The normalized spacial score (nSPS) is 12.1. The summed E-state index contributed by atoms with van der Waals surface area (Å²) >= 11 is 0. The van der Waals surface area contributed by atoms with Crippen molar-refractivity contribution in [2.24, 2.45) is 5.73 Å². The first-order valence-corrected chi connectivity index (χ1v) is 8.04. The largest absolute Gasteiger partial charge is 0.370 e. The van der Waals surface area contributed by atoms with Crippen LogP contribution in [0.15, 0.2) is 36.5 Å². The molecule has 0 aliphatic carbocycles. The Balaban J connectivity index is 3.29. The monoisotopic (exact) mass is 277 g/mol. The molecule has 0 bridgehead atoms. The molecule has 0 radical (unpaired) electrons. The highest BCUT2D eigenvalue weighted by Gasteiger charge is 1.93. The summed E-state index contributed by atoms with van der Waals surface area (Å²) in [4.78, 5) is 10.5. The van der Waals surface area contributed by atoms with E-state index in [2.05, 4.69) is 43.4 Å². The quantitative estimate of drug-likeness (QED) is 0.371. The van der Waals surface area contributed by atoms with E-state index >= 15 is 0 Å². The lowest BCUT2D eigenvalue weighted by Crippen LogP contribution is -2.09. The lowest BCUT2D eigenvalue weighted by Gasteiger charge is -1.98. The second kappa shape index (κ2) is 15.7. The van der Waals surface area contributed by atoms with Crippen LogP contribution in [0.1, 0.15) is 71.1 Å². The molecule has 0 spiro atoms. The minimum atomic E-state index is -0.177. The molecule has 1 amide bonds. The van der Waals surface area contributed by atoms with Gasteiger partial charge in [-0.2, -0.15) is 0 Å². The molecular formula is C18H31NO. The van der Waals surface area contributed by atoms with Crippen LogP contribution in [0, 0.1) is 0 Å². The van der Waals surface area contributed by atoms with Crippen LogP contribution in [0.4, 0.5) is 0 Å². The summed E-state index contributed by atoms with van der Waals surface area (Å²) in [5.41, 5.74) is 5.09. The standard InChI is InChI=1S/C18H31NO/c1-2-3-4-5-6-7-8-9-10-11-12-13-14-15-16-17-18(19)20/h5-10H,2-4,11-17H2,1H3,(H2,19,20)/b6-5+,8-7+,10-9-. The minimum absolute atomic E-state index is 0.177. The fourth-order valence-electron chi connectivity index (χ4n) is 1.89. The SMILES string of the molecule is CCCC/C=C/C=C/C=C\CCCCCCCC(N)=O. The fraction of sp³-hybridized carbons (Fsp3) is 0.611. The van der Waals surface area contributed by atoms with Crippen LogP contribution < -0.4 is 5.73 Å².